The Morgan fingerprint density at radius 3 is 2.91 bits per heavy atom. The zero-order chi connectivity index (χ0) is 16.2. The minimum atomic E-state index is 0.143. The summed E-state index contributed by atoms with van der Waals surface area (Å²) >= 11 is 0. The molecule has 1 saturated heterocycles. The van der Waals surface area contributed by atoms with Crippen LogP contribution in [-0.4, -0.2) is 35.8 Å². The van der Waals surface area contributed by atoms with Crippen LogP contribution < -0.4 is 14.8 Å². The smallest absolute Gasteiger partial charge is 0.236 e. The number of rotatable bonds is 6. The number of nitrogens with zero attached hydrogens (tertiary/aromatic N) is 2. The number of allylic oxidation sites excluding steroid dienone is 1. The minimum Gasteiger partial charge on any atom is -0.497 e. The number of fused-ring (bicyclic) bond motifs is 1. The molecule has 2 atom stereocenters. The number of benzene rings is 1. The van der Waals surface area contributed by atoms with Gasteiger partial charge in [0.25, 0.3) is 0 Å². The zero-order valence-electron chi connectivity index (χ0n) is 13.7. The maximum Gasteiger partial charge on any atom is 0.236 e. The van der Waals surface area contributed by atoms with Crippen molar-refractivity contribution < 1.29 is 9.47 Å². The van der Waals surface area contributed by atoms with Crippen LogP contribution in [0.4, 0.5) is 0 Å². The van der Waals surface area contributed by atoms with Gasteiger partial charge in [0, 0.05) is 25.1 Å². The van der Waals surface area contributed by atoms with Gasteiger partial charge in [0.05, 0.1) is 18.1 Å². The lowest BCUT2D eigenvalue weighted by molar-refractivity contribution is 0.209. The highest BCUT2D eigenvalue weighted by Crippen LogP contribution is 2.25. The quantitative estimate of drug-likeness (QED) is 0.831. The van der Waals surface area contributed by atoms with Gasteiger partial charge in [-0.2, -0.15) is 0 Å². The fourth-order valence-electron chi connectivity index (χ4n) is 2.82. The summed E-state index contributed by atoms with van der Waals surface area (Å²) in [6.07, 6.45) is 4.65. The predicted octanol–water partition coefficient (Wildman–Crippen LogP) is 2.89. The zero-order valence-corrected chi connectivity index (χ0v) is 13.7. The second-order valence-corrected chi connectivity index (χ2v) is 5.94. The van der Waals surface area contributed by atoms with E-state index in [2.05, 4.69) is 18.8 Å². The highest BCUT2D eigenvalue weighted by Gasteiger charge is 2.24. The van der Waals surface area contributed by atoms with Crippen LogP contribution >= 0.6 is 0 Å². The summed E-state index contributed by atoms with van der Waals surface area (Å²) < 4.78 is 11.4. The molecule has 0 aliphatic carbocycles. The average molecular weight is 313 g/mol. The van der Waals surface area contributed by atoms with Gasteiger partial charge >= 0.3 is 0 Å². The van der Waals surface area contributed by atoms with Gasteiger partial charge in [0.15, 0.2) is 0 Å². The van der Waals surface area contributed by atoms with Gasteiger partial charge in [-0.1, -0.05) is 6.08 Å². The Kier molecular flexibility index (Phi) is 4.76. The van der Waals surface area contributed by atoms with Crippen LogP contribution in [0.15, 0.2) is 30.9 Å². The van der Waals surface area contributed by atoms with Gasteiger partial charge in [0.2, 0.25) is 5.88 Å². The SMILES string of the molecule is C=CCCc1nc2ccc(OC)cc2nc1OC1CNC(C)C1. The van der Waals surface area contributed by atoms with Crippen molar-refractivity contribution in [2.45, 2.75) is 38.3 Å². The van der Waals surface area contributed by atoms with Gasteiger partial charge in [-0.15, -0.1) is 6.58 Å². The van der Waals surface area contributed by atoms with E-state index in [4.69, 9.17) is 19.4 Å². The van der Waals surface area contributed by atoms with E-state index < -0.39 is 0 Å². The van der Waals surface area contributed by atoms with Gasteiger partial charge in [-0.25, -0.2) is 9.97 Å². The predicted molar refractivity (Wildman–Crippen MR) is 91.1 cm³/mol. The van der Waals surface area contributed by atoms with E-state index in [0.717, 1.165) is 48.3 Å². The Labute approximate surface area is 136 Å². The first kappa shape index (κ1) is 15.7. The van der Waals surface area contributed by atoms with Crippen molar-refractivity contribution >= 4 is 11.0 Å². The molecule has 0 saturated carbocycles. The van der Waals surface area contributed by atoms with Crippen LogP contribution in [0.5, 0.6) is 11.6 Å². The van der Waals surface area contributed by atoms with E-state index >= 15 is 0 Å². The molecule has 0 amide bonds. The second kappa shape index (κ2) is 6.96. The Morgan fingerprint density at radius 2 is 2.22 bits per heavy atom. The van der Waals surface area contributed by atoms with E-state index in [-0.39, 0.29) is 6.10 Å². The standard InChI is InChI=1S/C18H23N3O2/c1-4-5-6-16-18(23-14-9-12(2)19-11-14)21-17-10-13(22-3)7-8-15(17)20-16/h4,7-8,10,12,14,19H,1,5-6,9,11H2,2-3H3. The van der Waals surface area contributed by atoms with E-state index in [1.807, 2.05) is 24.3 Å². The van der Waals surface area contributed by atoms with Gasteiger partial charge in [-0.05, 0) is 31.9 Å². The number of methoxy groups -OCH3 is 1. The molecular formula is C18H23N3O2. The number of nitrogens with one attached hydrogen (secondary N) is 1. The molecule has 1 aromatic carbocycles. The fourth-order valence-corrected chi connectivity index (χ4v) is 2.82. The summed E-state index contributed by atoms with van der Waals surface area (Å²) in [5, 5.41) is 3.40. The summed E-state index contributed by atoms with van der Waals surface area (Å²) in [5.41, 5.74) is 2.54. The Morgan fingerprint density at radius 1 is 1.35 bits per heavy atom. The first-order valence-electron chi connectivity index (χ1n) is 8.05. The molecule has 1 fully saturated rings. The molecular weight excluding hydrogens is 290 g/mol. The summed E-state index contributed by atoms with van der Waals surface area (Å²) in [7, 11) is 1.65. The average Bonchev–Trinajstić information content (AvgIpc) is 2.97. The first-order valence-corrected chi connectivity index (χ1v) is 8.05. The normalized spacial score (nSPS) is 20.6. The molecule has 0 radical (unpaired) electrons. The Balaban J connectivity index is 1.94. The molecule has 5 nitrogen and oxygen atoms in total. The van der Waals surface area contributed by atoms with Crippen LogP contribution in [0, 0.1) is 0 Å². The van der Waals surface area contributed by atoms with Gasteiger partial charge < -0.3 is 14.8 Å². The minimum absolute atomic E-state index is 0.143. The molecule has 5 heteroatoms. The molecule has 2 unspecified atom stereocenters. The van der Waals surface area contributed by atoms with Gasteiger partial charge in [-0.3, -0.25) is 0 Å². The summed E-state index contributed by atoms with van der Waals surface area (Å²) in [5.74, 6) is 1.40. The molecule has 122 valence electrons. The van der Waals surface area contributed by atoms with Gasteiger partial charge in [0.1, 0.15) is 17.5 Å². The maximum atomic E-state index is 6.14. The lowest BCUT2D eigenvalue weighted by atomic mass is 10.2. The lowest BCUT2D eigenvalue weighted by Crippen LogP contribution is -2.21. The van der Waals surface area contributed by atoms with Crippen LogP contribution in [-0.2, 0) is 6.42 Å². The summed E-state index contributed by atoms with van der Waals surface area (Å²) in [4.78, 5) is 9.44. The van der Waals surface area contributed by atoms with Crippen LogP contribution in [0.3, 0.4) is 0 Å². The van der Waals surface area contributed by atoms with Crippen molar-refractivity contribution in [2.75, 3.05) is 13.7 Å². The highest BCUT2D eigenvalue weighted by atomic mass is 16.5. The van der Waals surface area contributed by atoms with Crippen molar-refractivity contribution in [3.8, 4) is 11.6 Å². The molecule has 2 aromatic rings. The third-order valence-electron chi connectivity index (χ3n) is 4.08. The van der Waals surface area contributed by atoms with Crippen LogP contribution in [0.1, 0.15) is 25.5 Å². The number of ether oxygens (including phenoxy) is 2. The lowest BCUT2D eigenvalue weighted by Gasteiger charge is -2.15. The molecule has 2 heterocycles. The van der Waals surface area contributed by atoms with E-state index in [1.165, 1.54) is 0 Å². The molecule has 1 aliphatic heterocycles. The number of aryl methyl sites for hydroxylation is 1. The molecule has 1 aliphatic rings. The number of hydrogen-bond acceptors (Lipinski definition) is 5. The van der Waals surface area contributed by atoms with E-state index in [0.29, 0.717) is 11.9 Å². The third-order valence-corrected chi connectivity index (χ3v) is 4.08. The Hall–Kier alpha value is -2.14. The molecule has 23 heavy (non-hydrogen) atoms. The number of aromatic nitrogens is 2. The van der Waals surface area contributed by atoms with Crippen LogP contribution in [0.2, 0.25) is 0 Å². The van der Waals surface area contributed by atoms with Crippen molar-refractivity contribution in [3.05, 3.63) is 36.5 Å². The second-order valence-electron chi connectivity index (χ2n) is 5.94. The maximum absolute atomic E-state index is 6.14. The van der Waals surface area contributed by atoms with Crippen molar-refractivity contribution in [1.29, 1.82) is 0 Å². The molecule has 3 rings (SSSR count). The monoisotopic (exact) mass is 313 g/mol. The molecule has 0 bridgehead atoms. The summed E-state index contributed by atoms with van der Waals surface area (Å²) in [6.45, 7) is 6.80. The first-order chi connectivity index (χ1) is 11.2. The molecule has 1 N–H and O–H groups in total. The highest BCUT2D eigenvalue weighted by molar-refractivity contribution is 5.76. The van der Waals surface area contributed by atoms with Crippen molar-refractivity contribution in [3.63, 3.8) is 0 Å². The third kappa shape index (κ3) is 3.62. The topological polar surface area (TPSA) is 56.3 Å². The van der Waals surface area contributed by atoms with Crippen molar-refractivity contribution in [2.24, 2.45) is 0 Å². The molecule has 1 aromatic heterocycles. The van der Waals surface area contributed by atoms with E-state index in [9.17, 15) is 0 Å². The largest absolute Gasteiger partial charge is 0.497 e. The van der Waals surface area contributed by atoms with E-state index in [1.54, 1.807) is 7.11 Å². The Bertz CT molecular complexity index is 702. The molecule has 0 spiro atoms. The summed E-state index contributed by atoms with van der Waals surface area (Å²) in [6, 6.07) is 6.20. The number of hydrogen-bond donors (Lipinski definition) is 1. The fraction of sp³-hybridized carbons (Fsp3) is 0.444. The van der Waals surface area contributed by atoms with Crippen LogP contribution in [0.25, 0.3) is 11.0 Å². The van der Waals surface area contributed by atoms with Crippen molar-refractivity contribution in [1.82, 2.24) is 15.3 Å².